The monoisotopic (exact) mass is 442 g/mol. The molecule has 2 amide bonds. The Morgan fingerprint density at radius 3 is 2.30 bits per heavy atom. The number of nitrogens with zero attached hydrogens (tertiary/aromatic N) is 2. The number of hydrogen-bond acceptors (Lipinski definition) is 3. The minimum atomic E-state index is -0.360. The molecule has 156 valence electrons. The first-order valence-corrected chi connectivity index (χ1v) is 10.9. The van der Waals surface area contributed by atoms with Crippen LogP contribution in [0.4, 0.5) is 5.69 Å². The molecule has 0 spiro atoms. The predicted molar refractivity (Wildman–Crippen MR) is 122 cm³/mol. The molecule has 2 aliphatic heterocycles. The lowest BCUT2D eigenvalue weighted by molar-refractivity contribution is -0.120. The second-order valence-corrected chi connectivity index (χ2v) is 9.00. The Morgan fingerprint density at radius 1 is 0.933 bits per heavy atom. The number of imide groups is 1. The molecule has 6 heteroatoms. The van der Waals surface area contributed by atoms with E-state index in [1.54, 1.807) is 18.2 Å². The molecule has 1 fully saturated rings. The zero-order valence-electron chi connectivity index (χ0n) is 17.3. The maximum absolute atomic E-state index is 13.6. The van der Waals surface area contributed by atoms with E-state index in [2.05, 4.69) is 11.8 Å². The van der Waals surface area contributed by atoms with Crippen molar-refractivity contribution in [2.45, 2.75) is 33.6 Å². The highest BCUT2D eigenvalue weighted by Gasteiger charge is 2.43. The van der Waals surface area contributed by atoms with Crippen molar-refractivity contribution in [1.82, 2.24) is 4.90 Å². The van der Waals surface area contributed by atoms with E-state index in [1.807, 2.05) is 32.0 Å². The van der Waals surface area contributed by atoms with Crippen LogP contribution in [0.1, 0.15) is 36.5 Å². The van der Waals surface area contributed by atoms with Crippen molar-refractivity contribution < 1.29 is 9.59 Å². The fourth-order valence-electron chi connectivity index (χ4n) is 4.08. The molecule has 2 aromatic rings. The summed E-state index contributed by atoms with van der Waals surface area (Å²) >= 11 is 12.6. The number of halogens is 2. The van der Waals surface area contributed by atoms with Crippen LogP contribution in [0.5, 0.6) is 0 Å². The molecule has 0 atom stereocenters. The fraction of sp³-hybridized carbons (Fsp3) is 0.333. The minimum Gasteiger partial charge on any atom is -0.366 e. The topological polar surface area (TPSA) is 40.6 Å². The van der Waals surface area contributed by atoms with Crippen molar-refractivity contribution in [3.63, 3.8) is 0 Å². The van der Waals surface area contributed by atoms with Crippen molar-refractivity contribution in [2.24, 2.45) is 5.92 Å². The summed E-state index contributed by atoms with van der Waals surface area (Å²) in [4.78, 5) is 30.4. The largest absolute Gasteiger partial charge is 0.366 e. The number of anilines is 1. The van der Waals surface area contributed by atoms with E-state index >= 15 is 0 Å². The number of carbonyl (C=O) groups is 2. The smallest absolute Gasteiger partial charge is 0.282 e. The van der Waals surface area contributed by atoms with Crippen LogP contribution >= 0.6 is 23.2 Å². The highest BCUT2D eigenvalue weighted by molar-refractivity contribution is 6.49. The number of likely N-dealkylation sites (tertiary alicyclic amines) is 1. The van der Waals surface area contributed by atoms with Gasteiger partial charge in [-0.15, -0.1) is 0 Å². The number of carbonyl (C=O) groups excluding carboxylic acids is 2. The van der Waals surface area contributed by atoms with Crippen LogP contribution in [0.25, 0.3) is 5.57 Å². The van der Waals surface area contributed by atoms with Crippen LogP contribution in [0, 0.1) is 19.8 Å². The van der Waals surface area contributed by atoms with Gasteiger partial charge in [0.05, 0.1) is 21.3 Å². The first kappa shape index (κ1) is 21.0. The standard InChI is InChI=1S/C24H24Cl2N2O2/c1-14-9-11-27(12-10-14)22-20(17-8-7-15(2)16(3)13-17)23(29)28(24(22)30)19-6-4-5-18(25)21(19)26/h4-8,13-14H,9-12H2,1-3H3. The Labute approximate surface area is 187 Å². The highest BCUT2D eigenvalue weighted by atomic mass is 35.5. The molecule has 4 rings (SSSR count). The van der Waals surface area contributed by atoms with Gasteiger partial charge in [-0.1, -0.05) is 54.4 Å². The van der Waals surface area contributed by atoms with Crippen molar-refractivity contribution in [1.29, 1.82) is 0 Å². The Balaban J connectivity index is 1.86. The number of hydrogen-bond donors (Lipinski definition) is 0. The number of piperidine rings is 1. The summed E-state index contributed by atoms with van der Waals surface area (Å²) in [6.45, 7) is 7.76. The molecule has 30 heavy (non-hydrogen) atoms. The van der Waals surface area contributed by atoms with Crippen molar-refractivity contribution in [3.05, 3.63) is 68.8 Å². The molecule has 2 heterocycles. The first-order chi connectivity index (χ1) is 14.3. The Hall–Kier alpha value is -2.30. The average molecular weight is 443 g/mol. The lowest BCUT2D eigenvalue weighted by Crippen LogP contribution is -2.38. The van der Waals surface area contributed by atoms with Crippen molar-refractivity contribution in [3.8, 4) is 0 Å². The maximum Gasteiger partial charge on any atom is 0.282 e. The Bertz CT molecular complexity index is 1070. The molecule has 2 aliphatic rings. The van der Waals surface area contributed by atoms with Crippen LogP contribution in [0.3, 0.4) is 0 Å². The molecule has 0 aromatic heterocycles. The van der Waals surface area contributed by atoms with Crippen LogP contribution < -0.4 is 4.90 Å². The second kappa shape index (κ2) is 8.09. The van der Waals surface area contributed by atoms with E-state index in [-0.39, 0.29) is 16.8 Å². The fourth-order valence-corrected chi connectivity index (χ4v) is 4.46. The molecule has 0 radical (unpaired) electrons. The normalized spacial score (nSPS) is 18.0. The third-order valence-electron chi connectivity index (χ3n) is 6.13. The van der Waals surface area contributed by atoms with Gasteiger partial charge in [0.25, 0.3) is 11.8 Å². The minimum absolute atomic E-state index is 0.203. The zero-order valence-corrected chi connectivity index (χ0v) is 18.8. The van der Waals surface area contributed by atoms with Crippen LogP contribution in [-0.4, -0.2) is 29.8 Å². The predicted octanol–water partition coefficient (Wildman–Crippen LogP) is 5.63. The summed E-state index contributed by atoms with van der Waals surface area (Å²) in [5.41, 5.74) is 4.19. The summed E-state index contributed by atoms with van der Waals surface area (Å²) in [5.74, 6) is -0.0920. The van der Waals surface area contributed by atoms with Gasteiger partial charge in [0.2, 0.25) is 0 Å². The van der Waals surface area contributed by atoms with E-state index in [1.165, 1.54) is 4.90 Å². The SMILES string of the molecule is Cc1ccc(C2=C(N3CCC(C)CC3)C(=O)N(c3cccc(Cl)c3Cl)C2=O)cc1C. The van der Waals surface area contributed by atoms with Crippen LogP contribution in [0.15, 0.2) is 42.1 Å². The van der Waals surface area contributed by atoms with Gasteiger partial charge < -0.3 is 4.90 Å². The quantitative estimate of drug-likeness (QED) is 0.578. The molecule has 0 saturated carbocycles. The summed E-state index contributed by atoms with van der Waals surface area (Å²) < 4.78 is 0. The van der Waals surface area contributed by atoms with Gasteiger partial charge in [-0.05, 0) is 61.4 Å². The summed E-state index contributed by atoms with van der Waals surface area (Å²) in [6, 6.07) is 10.9. The molecular weight excluding hydrogens is 419 g/mol. The third kappa shape index (κ3) is 3.52. The molecule has 1 saturated heterocycles. The molecular formula is C24H24Cl2N2O2. The maximum atomic E-state index is 13.6. The second-order valence-electron chi connectivity index (χ2n) is 8.21. The van der Waals surface area contributed by atoms with E-state index in [0.29, 0.717) is 27.9 Å². The van der Waals surface area contributed by atoms with Crippen LogP contribution in [-0.2, 0) is 9.59 Å². The van der Waals surface area contributed by atoms with Gasteiger partial charge in [0.1, 0.15) is 5.70 Å². The summed E-state index contributed by atoms with van der Waals surface area (Å²) in [7, 11) is 0. The molecule has 0 aliphatic carbocycles. The van der Waals surface area contributed by atoms with E-state index in [4.69, 9.17) is 23.2 Å². The van der Waals surface area contributed by atoms with Gasteiger partial charge >= 0.3 is 0 Å². The number of aryl methyl sites for hydroxylation is 2. The highest BCUT2D eigenvalue weighted by Crippen LogP contribution is 2.40. The van der Waals surface area contributed by atoms with Gasteiger partial charge in [0, 0.05) is 13.1 Å². The third-order valence-corrected chi connectivity index (χ3v) is 6.94. The van der Waals surface area contributed by atoms with Gasteiger partial charge in [-0.2, -0.15) is 0 Å². The first-order valence-electron chi connectivity index (χ1n) is 10.2. The van der Waals surface area contributed by atoms with Gasteiger partial charge in [0.15, 0.2) is 0 Å². The molecule has 0 N–H and O–H groups in total. The van der Waals surface area contributed by atoms with E-state index < -0.39 is 0 Å². The average Bonchev–Trinajstić information content (AvgIpc) is 2.97. The molecule has 2 aromatic carbocycles. The summed E-state index contributed by atoms with van der Waals surface area (Å²) in [6.07, 6.45) is 1.98. The summed E-state index contributed by atoms with van der Waals surface area (Å²) in [5, 5.41) is 0.511. The number of benzene rings is 2. The van der Waals surface area contributed by atoms with Crippen molar-refractivity contribution in [2.75, 3.05) is 18.0 Å². The number of amides is 2. The van der Waals surface area contributed by atoms with Crippen LogP contribution in [0.2, 0.25) is 10.0 Å². The van der Waals surface area contributed by atoms with E-state index in [0.717, 1.165) is 42.6 Å². The molecule has 0 bridgehead atoms. The van der Waals surface area contributed by atoms with Gasteiger partial charge in [-0.25, -0.2) is 4.90 Å². The van der Waals surface area contributed by atoms with Gasteiger partial charge in [-0.3, -0.25) is 9.59 Å². The van der Waals surface area contributed by atoms with Crippen molar-refractivity contribution >= 4 is 46.3 Å². The Morgan fingerprint density at radius 2 is 1.63 bits per heavy atom. The van der Waals surface area contributed by atoms with E-state index in [9.17, 15) is 9.59 Å². The lowest BCUT2D eigenvalue weighted by Gasteiger charge is -2.32. The lowest BCUT2D eigenvalue weighted by atomic mass is 9.96. The number of rotatable bonds is 3. The molecule has 4 nitrogen and oxygen atoms in total. The molecule has 0 unspecified atom stereocenters. The zero-order chi connectivity index (χ0) is 21.6. The Kier molecular flexibility index (Phi) is 5.65.